The van der Waals surface area contributed by atoms with Crippen LogP contribution in [0.4, 0.5) is 0 Å². The molecule has 84 valence electrons. The third kappa shape index (κ3) is 5.44. The monoisotopic (exact) mass is 290 g/mol. The van der Waals surface area contributed by atoms with E-state index in [9.17, 15) is 0 Å². The molecule has 15 heavy (non-hydrogen) atoms. The molecule has 0 saturated carbocycles. The molecule has 0 bridgehead atoms. The Labute approximate surface area is 103 Å². The van der Waals surface area contributed by atoms with Crippen LogP contribution in [-0.4, -0.2) is 29.3 Å². The first-order valence-corrected chi connectivity index (χ1v) is 6.67. The number of thioether (sulfide) groups is 1. The summed E-state index contributed by atoms with van der Waals surface area (Å²) in [5.41, 5.74) is 0. The Balaban J connectivity index is 2.17. The van der Waals surface area contributed by atoms with Crippen LogP contribution in [0, 0.1) is 0 Å². The second-order valence-corrected chi connectivity index (χ2v) is 5.63. The summed E-state index contributed by atoms with van der Waals surface area (Å²) in [7, 11) is 0. The van der Waals surface area contributed by atoms with Crippen molar-refractivity contribution in [3.63, 3.8) is 0 Å². The third-order valence-corrected chi connectivity index (χ3v) is 3.47. The topological polar surface area (TPSA) is 29.5 Å². The van der Waals surface area contributed by atoms with Crippen LogP contribution in [0.2, 0.25) is 0 Å². The second kappa shape index (κ2) is 7.14. The lowest BCUT2D eigenvalue weighted by Crippen LogP contribution is -2.07. The van der Waals surface area contributed by atoms with E-state index in [1.165, 1.54) is 0 Å². The van der Waals surface area contributed by atoms with Crippen LogP contribution in [-0.2, 0) is 0 Å². The van der Waals surface area contributed by atoms with Crippen molar-refractivity contribution in [3.8, 4) is 5.75 Å². The predicted molar refractivity (Wildman–Crippen MR) is 68.6 cm³/mol. The fourth-order valence-corrected chi connectivity index (χ4v) is 1.94. The summed E-state index contributed by atoms with van der Waals surface area (Å²) < 4.78 is 6.59. The average Bonchev–Trinajstić information content (AvgIpc) is 2.26. The highest BCUT2D eigenvalue weighted by molar-refractivity contribution is 9.10. The molecule has 0 saturated heterocycles. The minimum absolute atomic E-state index is 0.225. The van der Waals surface area contributed by atoms with E-state index >= 15 is 0 Å². The first kappa shape index (κ1) is 12.9. The maximum atomic E-state index is 8.81. The number of aliphatic hydroxyl groups excluding tert-OH is 1. The second-order valence-electron chi connectivity index (χ2n) is 3.17. The molecule has 0 spiro atoms. The number of hydrogen-bond donors (Lipinski definition) is 1. The number of hydrogen-bond acceptors (Lipinski definition) is 3. The predicted octanol–water partition coefficient (Wildman–Crippen LogP) is 2.94. The molecule has 0 radical (unpaired) electrons. The van der Waals surface area contributed by atoms with E-state index in [1.54, 1.807) is 11.8 Å². The van der Waals surface area contributed by atoms with Gasteiger partial charge in [0.2, 0.25) is 0 Å². The lowest BCUT2D eigenvalue weighted by atomic mass is 10.3. The van der Waals surface area contributed by atoms with Gasteiger partial charge >= 0.3 is 0 Å². The van der Waals surface area contributed by atoms with Crippen molar-refractivity contribution in [2.75, 3.05) is 19.0 Å². The molecule has 1 N–H and O–H groups in total. The number of benzene rings is 1. The van der Waals surface area contributed by atoms with E-state index in [4.69, 9.17) is 9.84 Å². The van der Waals surface area contributed by atoms with Crippen LogP contribution >= 0.6 is 27.7 Å². The van der Waals surface area contributed by atoms with Gasteiger partial charge in [0.15, 0.2) is 0 Å². The van der Waals surface area contributed by atoms with Gasteiger partial charge in [-0.1, -0.05) is 22.9 Å². The number of rotatable bonds is 6. The van der Waals surface area contributed by atoms with E-state index in [1.807, 2.05) is 31.2 Å². The zero-order valence-corrected chi connectivity index (χ0v) is 11.1. The van der Waals surface area contributed by atoms with Crippen molar-refractivity contribution in [2.45, 2.75) is 12.2 Å². The third-order valence-electron chi connectivity index (χ3n) is 1.83. The van der Waals surface area contributed by atoms with Crippen LogP contribution in [0.5, 0.6) is 5.75 Å². The largest absolute Gasteiger partial charge is 0.493 e. The number of ether oxygens (including phenoxy) is 1. The SMILES string of the molecule is CC(CO)SCCOc1ccc(Br)cc1. The minimum atomic E-state index is 0.225. The van der Waals surface area contributed by atoms with Gasteiger partial charge in [0, 0.05) is 15.5 Å². The molecule has 0 heterocycles. The van der Waals surface area contributed by atoms with Crippen molar-refractivity contribution in [2.24, 2.45) is 0 Å². The summed E-state index contributed by atoms with van der Waals surface area (Å²) in [6.45, 7) is 2.91. The van der Waals surface area contributed by atoms with Crippen LogP contribution in [0.3, 0.4) is 0 Å². The fourth-order valence-electron chi connectivity index (χ4n) is 0.992. The molecule has 0 aromatic heterocycles. The van der Waals surface area contributed by atoms with Crippen molar-refractivity contribution in [3.05, 3.63) is 28.7 Å². The molecule has 0 fully saturated rings. The molecule has 0 aliphatic carbocycles. The zero-order chi connectivity index (χ0) is 11.1. The van der Waals surface area contributed by atoms with E-state index in [0.29, 0.717) is 11.9 Å². The Hall–Kier alpha value is -0.190. The van der Waals surface area contributed by atoms with Crippen molar-refractivity contribution in [1.82, 2.24) is 0 Å². The summed E-state index contributed by atoms with van der Waals surface area (Å²) in [6, 6.07) is 7.78. The molecule has 1 unspecified atom stereocenters. The lowest BCUT2D eigenvalue weighted by Gasteiger charge is -2.08. The summed E-state index contributed by atoms with van der Waals surface area (Å²) in [4.78, 5) is 0. The average molecular weight is 291 g/mol. The van der Waals surface area contributed by atoms with Gasteiger partial charge in [0.05, 0.1) is 13.2 Å². The Morgan fingerprint density at radius 2 is 2.07 bits per heavy atom. The van der Waals surface area contributed by atoms with Gasteiger partial charge < -0.3 is 9.84 Å². The van der Waals surface area contributed by atoms with Crippen LogP contribution in [0.25, 0.3) is 0 Å². The van der Waals surface area contributed by atoms with E-state index < -0.39 is 0 Å². The summed E-state index contributed by atoms with van der Waals surface area (Å²) in [5, 5.41) is 9.11. The molecule has 0 aliphatic rings. The highest BCUT2D eigenvalue weighted by Gasteiger charge is 2.00. The van der Waals surface area contributed by atoms with Crippen LogP contribution < -0.4 is 4.74 Å². The molecule has 2 nitrogen and oxygen atoms in total. The van der Waals surface area contributed by atoms with Crippen LogP contribution in [0.15, 0.2) is 28.7 Å². The van der Waals surface area contributed by atoms with Crippen molar-refractivity contribution >= 4 is 27.7 Å². The Bertz CT molecular complexity index is 276. The van der Waals surface area contributed by atoms with Gasteiger partial charge in [0.1, 0.15) is 5.75 Å². The van der Waals surface area contributed by atoms with E-state index in [-0.39, 0.29) is 6.61 Å². The Kier molecular flexibility index (Phi) is 6.13. The van der Waals surface area contributed by atoms with Gasteiger partial charge in [-0.3, -0.25) is 0 Å². The summed E-state index contributed by atoms with van der Waals surface area (Å²) >= 11 is 5.08. The van der Waals surface area contributed by atoms with Gasteiger partial charge in [-0.2, -0.15) is 11.8 Å². The van der Waals surface area contributed by atoms with Gasteiger partial charge in [-0.15, -0.1) is 0 Å². The van der Waals surface area contributed by atoms with Gasteiger partial charge in [0.25, 0.3) is 0 Å². The normalized spacial score (nSPS) is 12.5. The smallest absolute Gasteiger partial charge is 0.119 e. The first-order chi connectivity index (χ1) is 7.22. The lowest BCUT2D eigenvalue weighted by molar-refractivity contribution is 0.299. The molecule has 1 rings (SSSR count). The molecule has 0 amide bonds. The van der Waals surface area contributed by atoms with E-state index in [2.05, 4.69) is 15.9 Å². The number of aliphatic hydroxyl groups is 1. The van der Waals surface area contributed by atoms with Gasteiger partial charge in [-0.05, 0) is 24.3 Å². The molecule has 4 heteroatoms. The molecular formula is C11H15BrO2S. The zero-order valence-electron chi connectivity index (χ0n) is 8.65. The molecule has 1 atom stereocenters. The minimum Gasteiger partial charge on any atom is -0.493 e. The first-order valence-electron chi connectivity index (χ1n) is 4.83. The van der Waals surface area contributed by atoms with Gasteiger partial charge in [-0.25, -0.2) is 0 Å². The molecular weight excluding hydrogens is 276 g/mol. The standard InChI is InChI=1S/C11H15BrO2S/c1-9(8-13)15-7-6-14-11-4-2-10(12)3-5-11/h2-5,9,13H,6-8H2,1H3. The van der Waals surface area contributed by atoms with Crippen molar-refractivity contribution in [1.29, 1.82) is 0 Å². The Morgan fingerprint density at radius 1 is 1.40 bits per heavy atom. The fraction of sp³-hybridized carbons (Fsp3) is 0.455. The maximum Gasteiger partial charge on any atom is 0.119 e. The Morgan fingerprint density at radius 3 is 2.67 bits per heavy atom. The van der Waals surface area contributed by atoms with Crippen LogP contribution in [0.1, 0.15) is 6.92 Å². The molecule has 1 aromatic carbocycles. The summed E-state index contributed by atoms with van der Waals surface area (Å²) in [5.74, 6) is 1.79. The maximum absolute atomic E-state index is 8.81. The highest BCUT2D eigenvalue weighted by Crippen LogP contribution is 2.16. The van der Waals surface area contributed by atoms with E-state index in [0.717, 1.165) is 16.0 Å². The van der Waals surface area contributed by atoms with Crippen molar-refractivity contribution < 1.29 is 9.84 Å². The summed E-state index contributed by atoms with van der Waals surface area (Å²) in [6.07, 6.45) is 0. The number of halogens is 1. The molecule has 1 aromatic rings. The quantitative estimate of drug-likeness (QED) is 0.817. The highest BCUT2D eigenvalue weighted by atomic mass is 79.9. The molecule has 0 aliphatic heterocycles.